The van der Waals surface area contributed by atoms with Crippen LogP contribution < -0.4 is 14.8 Å². The Morgan fingerprint density at radius 3 is 2.81 bits per heavy atom. The van der Waals surface area contributed by atoms with Gasteiger partial charge in [0.2, 0.25) is 0 Å². The Morgan fingerprint density at radius 1 is 1.09 bits per heavy atom. The second-order valence-electron chi connectivity index (χ2n) is 6.94. The van der Waals surface area contributed by atoms with Crippen molar-refractivity contribution in [2.75, 3.05) is 24.3 Å². The van der Waals surface area contributed by atoms with E-state index in [-0.39, 0.29) is 18.3 Å². The van der Waals surface area contributed by atoms with Gasteiger partial charge in [-0.3, -0.25) is 4.79 Å². The Bertz CT molecular complexity index is 1230. The summed E-state index contributed by atoms with van der Waals surface area (Å²) < 4.78 is 26.5. The number of ether oxygens (including phenoxy) is 2. The van der Waals surface area contributed by atoms with Gasteiger partial charge in [-0.1, -0.05) is 36.0 Å². The highest BCUT2D eigenvalue weighted by molar-refractivity contribution is 8.01. The molecule has 0 bridgehead atoms. The average molecular weight is 469 g/mol. The molecule has 0 aliphatic rings. The molecule has 4 aromatic rings. The molecule has 0 spiro atoms. The van der Waals surface area contributed by atoms with Gasteiger partial charge in [0.1, 0.15) is 5.75 Å². The van der Waals surface area contributed by atoms with Gasteiger partial charge in [-0.15, -0.1) is 11.3 Å². The standard InChI is InChI=1S/C24H21FN2O3S2/c1-16-5-4-6-18(13-16)29-11-12-31-24-27-20-10-9-17(14-22(20)32-24)26-23(28)15-30-21-8-3-2-7-19(21)25/h2-10,13-14H,11-12,15H2,1H3,(H,26,28). The Labute approximate surface area is 193 Å². The number of fused-ring (bicyclic) bond motifs is 1. The number of aromatic nitrogens is 1. The van der Waals surface area contributed by atoms with Crippen molar-refractivity contribution in [3.8, 4) is 11.5 Å². The first kappa shape index (κ1) is 22.1. The van der Waals surface area contributed by atoms with Crippen LogP contribution in [0.4, 0.5) is 10.1 Å². The summed E-state index contributed by atoms with van der Waals surface area (Å²) in [5, 5.41) is 2.77. The lowest BCUT2D eigenvalue weighted by molar-refractivity contribution is -0.118. The maximum atomic E-state index is 13.6. The minimum Gasteiger partial charge on any atom is -0.493 e. The van der Waals surface area contributed by atoms with Gasteiger partial charge in [0.05, 0.1) is 16.8 Å². The molecule has 0 aliphatic carbocycles. The number of hydrogen-bond acceptors (Lipinski definition) is 6. The van der Waals surface area contributed by atoms with E-state index in [4.69, 9.17) is 9.47 Å². The zero-order valence-corrected chi connectivity index (χ0v) is 19.0. The molecule has 0 fully saturated rings. The molecular weight excluding hydrogens is 447 g/mol. The van der Waals surface area contributed by atoms with Crippen molar-refractivity contribution >= 4 is 44.9 Å². The third-order valence-corrected chi connectivity index (χ3v) is 6.54. The molecule has 0 unspecified atom stereocenters. The number of carbonyl (C=O) groups is 1. The normalized spacial score (nSPS) is 10.8. The smallest absolute Gasteiger partial charge is 0.262 e. The van der Waals surface area contributed by atoms with Gasteiger partial charge < -0.3 is 14.8 Å². The van der Waals surface area contributed by atoms with E-state index in [1.807, 2.05) is 43.3 Å². The van der Waals surface area contributed by atoms with E-state index in [1.54, 1.807) is 41.3 Å². The van der Waals surface area contributed by atoms with E-state index in [0.717, 1.165) is 26.1 Å². The highest BCUT2D eigenvalue weighted by atomic mass is 32.2. The molecule has 1 amide bonds. The zero-order valence-electron chi connectivity index (χ0n) is 17.3. The number of nitrogens with zero attached hydrogens (tertiary/aromatic N) is 1. The van der Waals surface area contributed by atoms with Gasteiger partial charge in [-0.25, -0.2) is 9.37 Å². The first-order valence-electron chi connectivity index (χ1n) is 9.97. The average Bonchev–Trinajstić information content (AvgIpc) is 3.18. The van der Waals surface area contributed by atoms with Crippen molar-refractivity contribution < 1.29 is 18.7 Å². The van der Waals surface area contributed by atoms with Gasteiger partial charge >= 0.3 is 0 Å². The van der Waals surface area contributed by atoms with Crippen LogP contribution in [-0.2, 0) is 4.79 Å². The van der Waals surface area contributed by atoms with Crippen LogP contribution in [0.25, 0.3) is 10.2 Å². The predicted octanol–water partition coefficient (Wildman–Crippen LogP) is 5.93. The molecule has 5 nitrogen and oxygen atoms in total. The van der Waals surface area contributed by atoms with Crippen LogP contribution in [0, 0.1) is 12.7 Å². The van der Waals surface area contributed by atoms with Crippen molar-refractivity contribution in [3.63, 3.8) is 0 Å². The van der Waals surface area contributed by atoms with Crippen molar-refractivity contribution in [1.29, 1.82) is 0 Å². The summed E-state index contributed by atoms with van der Waals surface area (Å²) in [6.45, 7) is 2.35. The van der Waals surface area contributed by atoms with Crippen LogP contribution in [0.1, 0.15) is 5.56 Å². The number of rotatable bonds is 9. The van der Waals surface area contributed by atoms with Gasteiger partial charge in [0.25, 0.3) is 5.91 Å². The molecule has 0 saturated heterocycles. The quantitative estimate of drug-likeness (QED) is 0.244. The molecule has 0 aliphatic heterocycles. The first-order valence-corrected chi connectivity index (χ1v) is 11.8. The van der Waals surface area contributed by atoms with Crippen LogP contribution in [-0.4, -0.2) is 29.9 Å². The number of hydrogen-bond donors (Lipinski definition) is 1. The van der Waals surface area contributed by atoms with Gasteiger partial charge in [0.15, 0.2) is 22.5 Å². The third kappa shape index (κ3) is 5.99. The number of benzene rings is 3. The molecule has 0 saturated carbocycles. The molecule has 1 N–H and O–H groups in total. The number of aryl methyl sites for hydroxylation is 1. The lowest BCUT2D eigenvalue weighted by Gasteiger charge is -2.08. The summed E-state index contributed by atoms with van der Waals surface area (Å²) in [7, 11) is 0. The van der Waals surface area contributed by atoms with Crippen LogP contribution in [0.15, 0.2) is 71.1 Å². The maximum Gasteiger partial charge on any atom is 0.262 e. The van der Waals surface area contributed by atoms with Crippen molar-refractivity contribution in [3.05, 3.63) is 78.1 Å². The molecule has 8 heteroatoms. The molecule has 32 heavy (non-hydrogen) atoms. The topological polar surface area (TPSA) is 60.5 Å². The number of para-hydroxylation sites is 1. The molecule has 3 aromatic carbocycles. The largest absolute Gasteiger partial charge is 0.493 e. The van der Waals surface area contributed by atoms with E-state index >= 15 is 0 Å². The highest BCUT2D eigenvalue weighted by Crippen LogP contribution is 2.31. The summed E-state index contributed by atoms with van der Waals surface area (Å²) in [5.74, 6) is 0.841. The summed E-state index contributed by atoms with van der Waals surface area (Å²) >= 11 is 3.20. The van der Waals surface area contributed by atoms with E-state index < -0.39 is 5.82 Å². The molecule has 4 rings (SSSR count). The maximum absolute atomic E-state index is 13.6. The summed E-state index contributed by atoms with van der Waals surface area (Å²) in [6, 6.07) is 19.5. The number of thiazole rings is 1. The molecule has 0 atom stereocenters. The minimum absolute atomic E-state index is 0.0496. The highest BCUT2D eigenvalue weighted by Gasteiger charge is 2.09. The second-order valence-corrected chi connectivity index (χ2v) is 9.32. The van der Waals surface area contributed by atoms with Crippen LogP contribution in [0.5, 0.6) is 11.5 Å². The molecular formula is C24H21FN2O3S2. The molecule has 0 radical (unpaired) electrons. The monoisotopic (exact) mass is 468 g/mol. The molecule has 1 heterocycles. The number of amides is 1. The number of nitrogens with one attached hydrogen (secondary N) is 1. The molecule has 1 aromatic heterocycles. The van der Waals surface area contributed by atoms with Crippen molar-refractivity contribution in [2.45, 2.75) is 11.3 Å². The fraction of sp³-hybridized carbons (Fsp3) is 0.167. The van der Waals surface area contributed by atoms with Crippen LogP contribution in [0.3, 0.4) is 0 Å². The summed E-state index contributed by atoms with van der Waals surface area (Å²) in [4.78, 5) is 16.8. The van der Waals surface area contributed by atoms with E-state index in [1.165, 1.54) is 17.7 Å². The van der Waals surface area contributed by atoms with Crippen LogP contribution in [0.2, 0.25) is 0 Å². The minimum atomic E-state index is -0.499. The van der Waals surface area contributed by atoms with E-state index in [9.17, 15) is 9.18 Å². The van der Waals surface area contributed by atoms with Gasteiger partial charge in [0, 0.05) is 11.4 Å². The zero-order chi connectivity index (χ0) is 22.3. The predicted molar refractivity (Wildman–Crippen MR) is 128 cm³/mol. The lowest BCUT2D eigenvalue weighted by atomic mass is 10.2. The third-order valence-electron chi connectivity index (χ3n) is 4.42. The van der Waals surface area contributed by atoms with Crippen LogP contribution >= 0.6 is 23.1 Å². The summed E-state index contributed by atoms with van der Waals surface area (Å²) in [5.41, 5.74) is 2.68. The Kier molecular flexibility index (Phi) is 7.24. The first-order chi connectivity index (χ1) is 15.6. The number of thioether (sulfide) groups is 1. The Balaban J connectivity index is 1.28. The van der Waals surface area contributed by atoms with Crippen molar-refractivity contribution in [1.82, 2.24) is 4.98 Å². The van der Waals surface area contributed by atoms with Crippen molar-refractivity contribution in [2.24, 2.45) is 0 Å². The SMILES string of the molecule is Cc1cccc(OCCSc2nc3ccc(NC(=O)COc4ccccc4F)cc3s2)c1. The lowest BCUT2D eigenvalue weighted by Crippen LogP contribution is -2.20. The number of anilines is 1. The number of halogens is 1. The van der Waals surface area contributed by atoms with E-state index in [0.29, 0.717) is 12.3 Å². The molecule has 164 valence electrons. The van der Waals surface area contributed by atoms with Gasteiger partial charge in [-0.2, -0.15) is 0 Å². The second kappa shape index (κ2) is 10.5. The summed E-state index contributed by atoms with van der Waals surface area (Å²) in [6.07, 6.45) is 0. The fourth-order valence-corrected chi connectivity index (χ4v) is 4.93. The van der Waals surface area contributed by atoms with E-state index in [2.05, 4.69) is 10.3 Å². The van der Waals surface area contributed by atoms with Gasteiger partial charge in [-0.05, 0) is 55.0 Å². The Hall–Kier alpha value is -3.10. The number of carbonyl (C=O) groups excluding carboxylic acids is 1. The Morgan fingerprint density at radius 2 is 1.97 bits per heavy atom. The fourth-order valence-electron chi connectivity index (χ4n) is 2.94.